The van der Waals surface area contributed by atoms with Gasteiger partial charge in [-0.1, -0.05) is 0 Å². The van der Waals surface area contributed by atoms with Crippen LogP contribution >= 0.6 is 0 Å². The number of hydrogen-bond acceptors (Lipinski definition) is 4. The summed E-state index contributed by atoms with van der Waals surface area (Å²) in [6.07, 6.45) is 2.87. The van der Waals surface area contributed by atoms with E-state index in [-0.39, 0.29) is 6.61 Å². The van der Waals surface area contributed by atoms with E-state index in [9.17, 15) is 0 Å². The maximum Gasteiger partial charge on any atom is 0.0965 e. The Hall–Kier alpha value is -0.160. The van der Waals surface area contributed by atoms with Gasteiger partial charge >= 0.3 is 0 Å². The Morgan fingerprint density at radius 3 is 2.75 bits per heavy atom. The van der Waals surface area contributed by atoms with Gasteiger partial charge in [0.15, 0.2) is 0 Å². The molecule has 4 heteroatoms. The summed E-state index contributed by atoms with van der Waals surface area (Å²) < 4.78 is 5.15. The lowest BCUT2D eigenvalue weighted by molar-refractivity contribution is 0.101. The Balaban J connectivity index is 2.73. The molecule has 4 N–H and O–H groups in total. The smallest absolute Gasteiger partial charge is 0.0965 e. The van der Waals surface area contributed by atoms with E-state index in [4.69, 9.17) is 15.6 Å². The minimum Gasteiger partial charge on any atom is -0.396 e. The average molecular weight is 176 g/mol. The second-order valence-corrected chi connectivity index (χ2v) is 2.63. The summed E-state index contributed by atoms with van der Waals surface area (Å²) in [6, 6.07) is 0. The molecule has 74 valence electrons. The predicted octanol–water partition coefficient (Wildman–Crippen LogP) is -0.329. The molecule has 0 aliphatic heterocycles. The SMILES string of the molecule is NCCCCNCOCCCO. The van der Waals surface area contributed by atoms with Crippen LogP contribution in [0.15, 0.2) is 0 Å². The van der Waals surface area contributed by atoms with Crippen LogP contribution < -0.4 is 11.1 Å². The van der Waals surface area contributed by atoms with Crippen molar-refractivity contribution in [2.24, 2.45) is 5.73 Å². The summed E-state index contributed by atoms with van der Waals surface area (Å²) in [5, 5.41) is 11.5. The molecule has 0 saturated carbocycles. The third-order valence-corrected chi connectivity index (χ3v) is 1.46. The number of nitrogens with two attached hydrogens (primary N) is 1. The van der Waals surface area contributed by atoms with E-state index in [1.54, 1.807) is 0 Å². The minimum atomic E-state index is 0.202. The number of nitrogens with one attached hydrogen (secondary N) is 1. The first-order valence-electron chi connectivity index (χ1n) is 4.51. The molecule has 0 heterocycles. The highest BCUT2D eigenvalue weighted by molar-refractivity contribution is 4.44. The lowest BCUT2D eigenvalue weighted by Crippen LogP contribution is -2.20. The second kappa shape index (κ2) is 10.8. The summed E-state index contributed by atoms with van der Waals surface area (Å²) >= 11 is 0. The lowest BCUT2D eigenvalue weighted by atomic mass is 10.3. The number of rotatable bonds is 9. The van der Waals surface area contributed by atoms with E-state index in [1.165, 1.54) is 0 Å². The van der Waals surface area contributed by atoms with Crippen LogP contribution in [0, 0.1) is 0 Å². The molecule has 0 rings (SSSR count). The van der Waals surface area contributed by atoms with Gasteiger partial charge < -0.3 is 15.6 Å². The van der Waals surface area contributed by atoms with Crippen LogP contribution in [0.25, 0.3) is 0 Å². The zero-order valence-corrected chi connectivity index (χ0v) is 7.59. The first-order valence-corrected chi connectivity index (χ1v) is 4.51. The molecular formula is C8H20N2O2. The molecule has 0 unspecified atom stereocenters. The molecule has 0 aromatic rings. The topological polar surface area (TPSA) is 67.5 Å². The van der Waals surface area contributed by atoms with Crippen LogP contribution in [0.4, 0.5) is 0 Å². The van der Waals surface area contributed by atoms with Crippen molar-refractivity contribution in [3.63, 3.8) is 0 Å². The van der Waals surface area contributed by atoms with Crippen LogP contribution in [-0.2, 0) is 4.74 Å². The quantitative estimate of drug-likeness (QED) is 0.332. The van der Waals surface area contributed by atoms with Gasteiger partial charge in [-0.3, -0.25) is 5.32 Å². The summed E-state index contributed by atoms with van der Waals surface area (Å²) in [5.41, 5.74) is 5.32. The molecule has 0 amide bonds. The molecular weight excluding hydrogens is 156 g/mol. The molecule has 0 saturated heterocycles. The molecule has 0 aliphatic carbocycles. The van der Waals surface area contributed by atoms with E-state index < -0.39 is 0 Å². The zero-order chi connectivity index (χ0) is 9.07. The number of hydrogen-bond donors (Lipinski definition) is 3. The fraction of sp³-hybridized carbons (Fsp3) is 1.00. The van der Waals surface area contributed by atoms with E-state index >= 15 is 0 Å². The molecule has 12 heavy (non-hydrogen) atoms. The third-order valence-electron chi connectivity index (χ3n) is 1.46. The molecule has 0 aromatic carbocycles. The summed E-state index contributed by atoms with van der Waals surface area (Å²) in [4.78, 5) is 0. The van der Waals surface area contributed by atoms with E-state index in [1.807, 2.05) is 0 Å². The van der Waals surface area contributed by atoms with Crippen molar-refractivity contribution in [1.82, 2.24) is 5.32 Å². The standard InChI is InChI=1S/C8H20N2O2/c9-4-1-2-5-10-8-12-7-3-6-11/h10-11H,1-9H2. The molecule has 0 bridgehead atoms. The van der Waals surface area contributed by atoms with Crippen LogP contribution in [0.1, 0.15) is 19.3 Å². The lowest BCUT2D eigenvalue weighted by Gasteiger charge is -2.04. The van der Waals surface area contributed by atoms with Gasteiger partial charge in [-0.25, -0.2) is 0 Å². The van der Waals surface area contributed by atoms with Crippen molar-refractivity contribution >= 4 is 0 Å². The second-order valence-electron chi connectivity index (χ2n) is 2.63. The van der Waals surface area contributed by atoms with Gasteiger partial charge in [-0.05, 0) is 32.4 Å². The van der Waals surface area contributed by atoms with Crippen molar-refractivity contribution < 1.29 is 9.84 Å². The molecule has 0 aliphatic rings. The van der Waals surface area contributed by atoms with E-state index in [2.05, 4.69) is 5.32 Å². The summed E-state index contributed by atoms with van der Waals surface area (Å²) in [7, 11) is 0. The Morgan fingerprint density at radius 2 is 2.08 bits per heavy atom. The van der Waals surface area contributed by atoms with Gasteiger partial charge in [-0.15, -0.1) is 0 Å². The van der Waals surface area contributed by atoms with Gasteiger partial charge in [0.25, 0.3) is 0 Å². The highest BCUT2D eigenvalue weighted by Gasteiger charge is 1.87. The van der Waals surface area contributed by atoms with Crippen LogP contribution in [0.5, 0.6) is 0 Å². The Bertz CT molecular complexity index is 71.5. The van der Waals surface area contributed by atoms with Crippen LogP contribution in [-0.4, -0.2) is 38.1 Å². The summed E-state index contributed by atoms with van der Waals surface area (Å²) in [5.74, 6) is 0. The van der Waals surface area contributed by atoms with Crippen molar-refractivity contribution in [2.75, 3.05) is 33.0 Å². The third kappa shape index (κ3) is 9.84. The number of unbranched alkanes of at least 4 members (excludes halogenated alkanes) is 1. The molecule has 0 aromatic heterocycles. The van der Waals surface area contributed by atoms with Gasteiger partial charge in [0.05, 0.1) is 13.3 Å². The average Bonchev–Trinajstić information content (AvgIpc) is 2.10. The Kier molecular flexibility index (Phi) is 10.7. The largest absolute Gasteiger partial charge is 0.396 e. The van der Waals surface area contributed by atoms with Gasteiger partial charge in [0.2, 0.25) is 0 Å². The number of ether oxygens (including phenoxy) is 1. The molecule has 0 fully saturated rings. The highest BCUT2D eigenvalue weighted by atomic mass is 16.5. The zero-order valence-electron chi connectivity index (χ0n) is 7.59. The maximum absolute atomic E-state index is 8.42. The normalized spacial score (nSPS) is 10.5. The number of aliphatic hydroxyl groups is 1. The fourth-order valence-electron chi connectivity index (χ4n) is 0.777. The van der Waals surface area contributed by atoms with Crippen molar-refractivity contribution in [3.05, 3.63) is 0 Å². The fourth-order valence-corrected chi connectivity index (χ4v) is 0.777. The van der Waals surface area contributed by atoms with Crippen LogP contribution in [0.2, 0.25) is 0 Å². The first-order chi connectivity index (χ1) is 5.91. The minimum absolute atomic E-state index is 0.202. The van der Waals surface area contributed by atoms with Crippen molar-refractivity contribution in [1.29, 1.82) is 0 Å². The molecule has 0 spiro atoms. The first kappa shape index (κ1) is 11.8. The van der Waals surface area contributed by atoms with Crippen LogP contribution in [0.3, 0.4) is 0 Å². The maximum atomic E-state index is 8.42. The van der Waals surface area contributed by atoms with Crippen molar-refractivity contribution in [2.45, 2.75) is 19.3 Å². The molecule has 0 radical (unpaired) electrons. The van der Waals surface area contributed by atoms with E-state index in [0.717, 1.165) is 25.9 Å². The number of aliphatic hydroxyl groups excluding tert-OH is 1. The van der Waals surface area contributed by atoms with Gasteiger partial charge in [0, 0.05) is 6.61 Å². The summed E-state index contributed by atoms with van der Waals surface area (Å²) in [6.45, 7) is 3.11. The highest BCUT2D eigenvalue weighted by Crippen LogP contribution is 1.83. The van der Waals surface area contributed by atoms with Crippen molar-refractivity contribution in [3.8, 4) is 0 Å². The van der Waals surface area contributed by atoms with Gasteiger partial charge in [0.1, 0.15) is 0 Å². The molecule has 4 nitrogen and oxygen atoms in total. The monoisotopic (exact) mass is 176 g/mol. The van der Waals surface area contributed by atoms with E-state index in [0.29, 0.717) is 19.8 Å². The molecule has 0 atom stereocenters. The Labute approximate surface area is 74.1 Å². The Morgan fingerprint density at radius 1 is 1.25 bits per heavy atom. The predicted molar refractivity (Wildman–Crippen MR) is 48.8 cm³/mol. The van der Waals surface area contributed by atoms with Gasteiger partial charge in [-0.2, -0.15) is 0 Å².